The number of aromatic nitrogens is 2. The summed E-state index contributed by atoms with van der Waals surface area (Å²) < 4.78 is 41.8. The predicted molar refractivity (Wildman–Crippen MR) is 107 cm³/mol. The minimum atomic E-state index is -4.51. The Morgan fingerprint density at radius 1 is 1.28 bits per heavy atom. The van der Waals surface area contributed by atoms with Crippen molar-refractivity contribution in [3.05, 3.63) is 62.4 Å². The number of anilines is 2. The standard InChI is InChI=1S/C18H13Cl2F3N4OS/c19-9-3-4-11(10(20)6-9)25-17(28)13-8-16-24-12(14-2-1-5-29-14)7-15(18(21,22)23)27(16)26-13/h1-6,8,12,15,24H,7H2,(H,25,28)/t12-,15+/m1/s1. The number of carbonyl (C=O) groups excluding carboxylic acids is 1. The van der Waals surface area contributed by atoms with Crippen molar-refractivity contribution >= 4 is 52.0 Å². The summed E-state index contributed by atoms with van der Waals surface area (Å²) in [5, 5.41) is 11.9. The van der Waals surface area contributed by atoms with Gasteiger partial charge in [-0.25, -0.2) is 4.68 Å². The molecule has 0 spiro atoms. The Bertz CT molecular complexity index is 1050. The fourth-order valence-corrected chi connectivity index (χ4v) is 4.38. The van der Waals surface area contributed by atoms with Crippen LogP contribution in [0, 0.1) is 0 Å². The summed E-state index contributed by atoms with van der Waals surface area (Å²) in [6, 6.07) is 6.99. The summed E-state index contributed by atoms with van der Waals surface area (Å²) in [5.41, 5.74) is 0.128. The first-order valence-corrected chi connectivity index (χ1v) is 10.1. The van der Waals surface area contributed by atoms with E-state index < -0.39 is 24.2 Å². The molecule has 2 aromatic heterocycles. The smallest absolute Gasteiger partial charge is 0.363 e. The molecule has 3 aromatic rings. The summed E-state index contributed by atoms with van der Waals surface area (Å²) in [7, 11) is 0. The topological polar surface area (TPSA) is 59.0 Å². The van der Waals surface area contributed by atoms with E-state index in [1.165, 1.54) is 35.6 Å². The van der Waals surface area contributed by atoms with Gasteiger partial charge in [0.05, 0.1) is 16.8 Å². The molecule has 2 atom stereocenters. The molecule has 1 aliphatic heterocycles. The van der Waals surface area contributed by atoms with E-state index in [4.69, 9.17) is 23.2 Å². The number of hydrogen-bond donors (Lipinski definition) is 2. The average Bonchev–Trinajstić information content (AvgIpc) is 3.31. The zero-order valence-corrected chi connectivity index (χ0v) is 16.8. The number of halogens is 5. The molecule has 0 bridgehead atoms. The van der Waals surface area contributed by atoms with E-state index in [1.54, 1.807) is 17.5 Å². The number of alkyl halides is 3. The molecule has 0 fully saturated rings. The Morgan fingerprint density at radius 3 is 2.72 bits per heavy atom. The number of rotatable bonds is 3. The lowest BCUT2D eigenvalue weighted by Gasteiger charge is -2.32. The third kappa shape index (κ3) is 4.08. The molecule has 4 rings (SSSR count). The van der Waals surface area contributed by atoms with Gasteiger partial charge in [-0.15, -0.1) is 11.3 Å². The van der Waals surface area contributed by atoms with Gasteiger partial charge in [0, 0.05) is 22.4 Å². The molecule has 1 amide bonds. The summed E-state index contributed by atoms with van der Waals surface area (Å²) in [4.78, 5) is 13.3. The molecule has 11 heteroatoms. The molecular weight excluding hydrogens is 448 g/mol. The van der Waals surface area contributed by atoms with Crippen LogP contribution in [0.1, 0.15) is 33.9 Å². The SMILES string of the molecule is O=C(Nc1ccc(Cl)cc1Cl)c1cc2n(n1)[C@H](C(F)(F)F)C[C@H](c1cccs1)N2. The van der Waals surface area contributed by atoms with E-state index >= 15 is 0 Å². The molecule has 5 nitrogen and oxygen atoms in total. The fraction of sp³-hybridized carbons (Fsp3) is 0.222. The Balaban J connectivity index is 1.64. The molecule has 0 aliphatic carbocycles. The molecule has 152 valence electrons. The van der Waals surface area contributed by atoms with E-state index in [1.807, 2.05) is 0 Å². The molecular formula is C18H13Cl2F3N4OS. The second-order valence-electron chi connectivity index (χ2n) is 6.44. The Kier molecular flexibility index (Phi) is 5.22. The number of nitrogens with zero attached hydrogens (tertiary/aromatic N) is 2. The average molecular weight is 461 g/mol. The predicted octanol–water partition coefficient (Wildman–Crippen LogP) is 6.16. The van der Waals surface area contributed by atoms with Gasteiger partial charge in [0.15, 0.2) is 11.7 Å². The highest BCUT2D eigenvalue weighted by molar-refractivity contribution is 7.10. The van der Waals surface area contributed by atoms with Gasteiger partial charge in [0.25, 0.3) is 5.91 Å². The monoisotopic (exact) mass is 460 g/mol. The van der Waals surface area contributed by atoms with Crippen LogP contribution in [0.25, 0.3) is 0 Å². The Hall–Kier alpha value is -2.23. The van der Waals surface area contributed by atoms with Crippen molar-refractivity contribution in [2.75, 3.05) is 10.6 Å². The van der Waals surface area contributed by atoms with Gasteiger partial charge in [-0.05, 0) is 29.6 Å². The number of benzene rings is 1. The largest absolute Gasteiger partial charge is 0.410 e. The maximum atomic E-state index is 13.7. The third-order valence-electron chi connectivity index (χ3n) is 4.49. The first kappa shape index (κ1) is 20.1. The number of carbonyl (C=O) groups is 1. The van der Waals surface area contributed by atoms with Crippen LogP contribution in [-0.2, 0) is 0 Å². The van der Waals surface area contributed by atoms with E-state index in [0.29, 0.717) is 5.02 Å². The zero-order valence-electron chi connectivity index (χ0n) is 14.5. The zero-order chi connectivity index (χ0) is 20.8. The van der Waals surface area contributed by atoms with Crippen molar-refractivity contribution in [2.45, 2.75) is 24.7 Å². The molecule has 0 saturated carbocycles. The van der Waals surface area contributed by atoms with Crippen LogP contribution in [0.3, 0.4) is 0 Å². The molecule has 3 heterocycles. The number of thiophene rings is 1. The Labute approximate surface area is 177 Å². The van der Waals surface area contributed by atoms with Crippen molar-refractivity contribution in [3.8, 4) is 0 Å². The number of amides is 1. The Morgan fingerprint density at radius 2 is 2.07 bits per heavy atom. The van der Waals surface area contributed by atoms with E-state index in [-0.39, 0.29) is 28.6 Å². The van der Waals surface area contributed by atoms with Gasteiger partial charge in [-0.1, -0.05) is 29.3 Å². The van der Waals surface area contributed by atoms with Gasteiger partial charge in [-0.2, -0.15) is 18.3 Å². The summed E-state index contributed by atoms with van der Waals surface area (Å²) in [6.45, 7) is 0. The second kappa shape index (κ2) is 7.55. The first-order chi connectivity index (χ1) is 13.7. The second-order valence-corrected chi connectivity index (χ2v) is 8.27. The van der Waals surface area contributed by atoms with Crippen molar-refractivity contribution in [3.63, 3.8) is 0 Å². The van der Waals surface area contributed by atoms with Crippen molar-refractivity contribution in [1.29, 1.82) is 0 Å². The summed E-state index contributed by atoms with van der Waals surface area (Å²) >= 11 is 13.2. The van der Waals surface area contributed by atoms with Crippen LogP contribution in [-0.4, -0.2) is 21.9 Å². The van der Waals surface area contributed by atoms with E-state index in [2.05, 4.69) is 15.7 Å². The molecule has 29 heavy (non-hydrogen) atoms. The lowest BCUT2D eigenvalue weighted by Crippen LogP contribution is -2.35. The maximum Gasteiger partial charge on any atom is 0.410 e. The molecule has 1 aromatic carbocycles. The molecule has 0 saturated heterocycles. The first-order valence-electron chi connectivity index (χ1n) is 8.45. The van der Waals surface area contributed by atoms with Crippen molar-refractivity contribution < 1.29 is 18.0 Å². The van der Waals surface area contributed by atoms with Crippen LogP contribution < -0.4 is 10.6 Å². The molecule has 1 aliphatic rings. The minimum absolute atomic E-state index is 0.129. The number of fused-ring (bicyclic) bond motifs is 1. The van der Waals surface area contributed by atoms with Crippen LogP contribution in [0.5, 0.6) is 0 Å². The number of nitrogens with one attached hydrogen (secondary N) is 2. The van der Waals surface area contributed by atoms with Crippen LogP contribution >= 0.6 is 34.5 Å². The van der Waals surface area contributed by atoms with Crippen molar-refractivity contribution in [1.82, 2.24) is 9.78 Å². The number of hydrogen-bond acceptors (Lipinski definition) is 4. The summed E-state index contributed by atoms with van der Waals surface area (Å²) in [6.07, 6.45) is -4.73. The summed E-state index contributed by atoms with van der Waals surface area (Å²) in [5.74, 6) is -0.546. The van der Waals surface area contributed by atoms with Crippen LogP contribution in [0.2, 0.25) is 10.0 Å². The highest BCUT2D eigenvalue weighted by atomic mass is 35.5. The highest BCUT2D eigenvalue weighted by Gasteiger charge is 2.47. The lowest BCUT2D eigenvalue weighted by atomic mass is 10.0. The lowest BCUT2D eigenvalue weighted by molar-refractivity contribution is -0.173. The fourth-order valence-electron chi connectivity index (χ4n) is 3.14. The van der Waals surface area contributed by atoms with Gasteiger partial charge in [0.1, 0.15) is 5.82 Å². The van der Waals surface area contributed by atoms with Crippen LogP contribution in [0.4, 0.5) is 24.7 Å². The highest BCUT2D eigenvalue weighted by Crippen LogP contribution is 2.44. The molecule has 0 unspecified atom stereocenters. The third-order valence-corrected chi connectivity index (χ3v) is 6.02. The quantitative estimate of drug-likeness (QED) is 0.491. The van der Waals surface area contributed by atoms with E-state index in [0.717, 1.165) is 9.56 Å². The van der Waals surface area contributed by atoms with Gasteiger partial charge < -0.3 is 10.6 Å². The van der Waals surface area contributed by atoms with Gasteiger partial charge in [0.2, 0.25) is 0 Å². The van der Waals surface area contributed by atoms with Crippen LogP contribution in [0.15, 0.2) is 41.8 Å². The van der Waals surface area contributed by atoms with Gasteiger partial charge in [-0.3, -0.25) is 4.79 Å². The minimum Gasteiger partial charge on any atom is -0.363 e. The van der Waals surface area contributed by atoms with E-state index in [9.17, 15) is 18.0 Å². The van der Waals surface area contributed by atoms with Gasteiger partial charge >= 0.3 is 6.18 Å². The normalized spacial score (nSPS) is 18.8. The molecule has 2 N–H and O–H groups in total. The molecule has 0 radical (unpaired) electrons. The van der Waals surface area contributed by atoms with Crippen molar-refractivity contribution in [2.24, 2.45) is 0 Å². The maximum absolute atomic E-state index is 13.7.